The number of hydrogen-bond acceptors (Lipinski definition) is 5. The van der Waals surface area contributed by atoms with Gasteiger partial charge in [-0.1, -0.05) is 18.2 Å². The molecule has 1 aromatic heterocycles. The highest BCUT2D eigenvalue weighted by atomic mass is 16.4. The Morgan fingerprint density at radius 2 is 2.12 bits per heavy atom. The minimum atomic E-state index is -0.403. The number of carbonyl (C=O) groups excluding carboxylic acids is 2. The second-order valence-corrected chi connectivity index (χ2v) is 5.77. The van der Waals surface area contributed by atoms with Crippen LogP contribution in [-0.4, -0.2) is 34.6 Å². The maximum atomic E-state index is 11.9. The van der Waals surface area contributed by atoms with Crippen molar-refractivity contribution in [2.75, 3.05) is 6.54 Å². The van der Waals surface area contributed by atoms with Crippen LogP contribution in [0, 0.1) is 0 Å². The number of hydrogen-bond donors (Lipinski definition) is 2. The molecule has 3 rings (SSSR count). The van der Waals surface area contributed by atoms with Crippen LogP contribution in [0.3, 0.4) is 0 Å². The van der Waals surface area contributed by atoms with Gasteiger partial charge in [-0.3, -0.25) is 9.59 Å². The van der Waals surface area contributed by atoms with E-state index in [2.05, 4.69) is 20.8 Å². The molecular weight excluding hydrogens is 308 g/mol. The summed E-state index contributed by atoms with van der Waals surface area (Å²) in [5, 5.41) is 13.5. The Morgan fingerprint density at radius 3 is 2.92 bits per heavy atom. The van der Waals surface area contributed by atoms with Gasteiger partial charge in [0.1, 0.15) is 6.04 Å². The first-order valence-corrected chi connectivity index (χ1v) is 8.17. The molecule has 24 heavy (non-hydrogen) atoms. The summed E-state index contributed by atoms with van der Waals surface area (Å²) in [7, 11) is 0. The van der Waals surface area contributed by atoms with Gasteiger partial charge in [0, 0.05) is 24.9 Å². The molecule has 1 atom stereocenters. The molecule has 7 heteroatoms. The van der Waals surface area contributed by atoms with Gasteiger partial charge in [-0.25, -0.2) is 0 Å². The van der Waals surface area contributed by atoms with Gasteiger partial charge in [0.2, 0.25) is 23.6 Å². The molecule has 1 aliphatic heterocycles. The van der Waals surface area contributed by atoms with Crippen molar-refractivity contribution in [3.05, 3.63) is 36.2 Å². The van der Waals surface area contributed by atoms with Crippen molar-refractivity contribution >= 4 is 11.8 Å². The van der Waals surface area contributed by atoms with E-state index < -0.39 is 6.04 Å². The maximum Gasteiger partial charge on any atom is 0.247 e. The van der Waals surface area contributed by atoms with Crippen LogP contribution in [0.5, 0.6) is 0 Å². The van der Waals surface area contributed by atoms with Crippen molar-refractivity contribution in [2.24, 2.45) is 0 Å². The van der Waals surface area contributed by atoms with E-state index in [0.29, 0.717) is 44.0 Å². The zero-order chi connectivity index (χ0) is 16.8. The number of aryl methyl sites for hydroxylation is 1. The summed E-state index contributed by atoms with van der Waals surface area (Å²) >= 11 is 0. The fourth-order valence-corrected chi connectivity index (χ4v) is 2.63. The molecule has 126 valence electrons. The Bertz CT molecular complexity index is 699. The highest BCUT2D eigenvalue weighted by Crippen LogP contribution is 2.17. The minimum Gasteiger partial charge on any atom is -0.421 e. The van der Waals surface area contributed by atoms with Gasteiger partial charge in [0.05, 0.1) is 0 Å². The first kappa shape index (κ1) is 16.2. The molecule has 2 N–H and O–H groups in total. The van der Waals surface area contributed by atoms with Gasteiger partial charge in [-0.15, -0.1) is 10.2 Å². The Morgan fingerprint density at radius 1 is 1.29 bits per heavy atom. The Hall–Kier alpha value is -2.70. The van der Waals surface area contributed by atoms with Crippen LogP contribution in [0.1, 0.15) is 31.6 Å². The summed E-state index contributed by atoms with van der Waals surface area (Å²) in [6, 6.07) is 9.14. The molecule has 1 fully saturated rings. The van der Waals surface area contributed by atoms with E-state index in [-0.39, 0.29) is 11.8 Å². The second kappa shape index (κ2) is 7.72. The van der Waals surface area contributed by atoms with Gasteiger partial charge in [0.25, 0.3) is 0 Å². The molecule has 0 aliphatic carbocycles. The van der Waals surface area contributed by atoms with Gasteiger partial charge < -0.3 is 15.1 Å². The molecule has 0 bridgehead atoms. The lowest BCUT2D eigenvalue weighted by Gasteiger charge is -2.22. The molecule has 0 radical (unpaired) electrons. The van der Waals surface area contributed by atoms with Crippen molar-refractivity contribution in [2.45, 2.75) is 38.1 Å². The van der Waals surface area contributed by atoms with Crippen LogP contribution in [0.4, 0.5) is 0 Å². The van der Waals surface area contributed by atoms with E-state index in [1.54, 1.807) is 0 Å². The highest BCUT2D eigenvalue weighted by molar-refractivity contribution is 5.88. The highest BCUT2D eigenvalue weighted by Gasteiger charge is 2.23. The summed E-state index contributed by atoms with van der Waals surface area (Å²) < 4.78 is 5.60. The number of carbonyl (C=O) groups is 2. The molecule has 0 unspecified atom stereocenters. The van der Waals surface area contributed by atoms with Gasteiger partial charge in [-0.05, 0) is 31.4 Å². The molecular formula is C17H20N4O3. The Balaban J connectivity index is 1.44. The smallest absolute Gasteiger partial charge is 0.247 e. The molecule has 0 spiro atoms. The van der Waals surface area contributed by atoms with Crippen LogP contribution in [0.25, 0.3) is 11.5 Å². The second-order valence-electron chi connectivity index (χ2n) is 5.77. The number of nitrogens with zero attached hydrogens (tertiary/aromatic N) is 2. The summed E-state index contributed by atoms with van der Waals surface area (Å²) in [5.74, 6) is 0.768. The Kier molecular flexibility index (Phi) is 5.20. The van der Waals surface area contributed by atoms with Crippen LogP contribution >= 0.6 is 0 Å². The predicted octanol–water partition coefficient (Wildman–Crippen LogP) is 1.45. The van der Waals surface area contributed by atoms with Gasteiger partial charge in [-0.2, -0.15) is 0 Å². The molecule has 2 aromatic rings. The largest absolute Gasteiger partial charge is 0.421 e. The lowest BCUT2D eigenvalue weighted by Crippen LogP contribution is -2.50. The van der Waals surface area contributed by atoms with Crippen molar-refractivity contribution in [1.29, 1.82) is 0 Å². The van der Waals surface area contributed by atoms with Gasteiger partial charge in [0.15, 0.2) is 0 Å². The van der Waals surface area contributed by atoms with Crippen LogP contribution in [0.2, 0.25) is 0 Å². The van der Waals surface area contributed by atoms with Crippen molar-refractivity contribution in [3.63, 3.8) is 0 Å². The van der Waals surface area contributed by atoms with Gasteiger partial charge >= 0.3 is 0 Å². The molecule has 1 saturated heterocycles. The lowest BCUT2D eigenvalue weighted by molar-refractivity contribution is -0.130. The number of piperidine rings is 1. The lowest BCUT2D eigenvalue weighted by atomic mass is 10.1. The number of amides is 2. The van der Waals surface area contributed by atoms with Crippen LogP contribution < -0.4 is 10.6 Å². The van der Waals surface area contributed by atoms with Crippen molar-refractivity contribution in [1.82, 2.24) is 20.8 Å². The van der Waals surface area contributed by atoms with Crippen molar-refractivity contribution < 1.29 is 14.0 Å². The number of aromatic nitrogens is 2. The average Bonchev–Trinajstić information content (AvgIpc) is 3.07. The molecule has 1 aliphatic rings. The summed E-state index contributed by atoms with van der Waals surface area (Å²) in [4.78, 5) is 23.5. The minimum absolute atomic E-state index is 0.0981. The van der Waals surface area contributed by atoms with E-state index in [0.717, 1.165) is 12.0 Å². The summed E-state index contributed by atoms with van der Waals surface area (Å²) in [6.45, 7) is 0.687. The summed E-state index contributed by atoms with van der Waals surface area (Å²) in [5.41, 5.74) is 0.873. The van der Waals surface area contributed by atoms with E-state index in [4.69, 9.17) is 4.42 Å². The molecule has 1 aromatic carbocycles. The first-order valence-electron chi connectivity index (χ1n) is 8.17. The zero-order valence-corrected chi connectivity index (χ0v) is 13.3. The zero-order valence-electron chi connectivity index (χ0n) is 13.3. The third-order valence-corrected chi connectivity index (χ3v) is 3.90. The topological polar surface area (TPSA) is 97.1 Å². The van der Waals surface area contributed by atoms with E-state index in [1.165, 1.54) is 0 Å². The standard InChI is InChI=1S/C17H20N4O3/c22-14(19-13-8-5-11-18-16(13)23)9-4-10-15-20-21-17(24-15)12-6-2-1-3-7-12/h1-3,6-7,13H,4-5,8-11H2,(H,18,23)(H,19,22)/t13-/m1/s1. The third-order valence-electron chi connectivity index (χ3n) is 3.90. The number of benzene rings is 1. The molecule has 2 amide bonds. The average molecular weight is 328 g/mol. The van der Waals surface area contributed by atoms with Crippen LogP contribution in [-0.2, 0) is 16.0 Å². The fourth-order valence-electron chi connectivity index (χ4n) is 2.63. The number of nitrogens with one attached hydrogen (secondary N) is 2. The maximum absolute atomic E-state index is 11.9. The first-order chi connectivity index (χ1) is 11.7. The number of rotatable bonds is 6. The molecule has 2 heterocycles. The van der Waals surface area contributed by atoms with E-state index >= 15 is 0 Å². The SMILES string of the molecule is O=C(CCCc1nnc(-c2ccccc2)o1)N[C@@H]1CCCNC1=O. The quantitative estimate of drug-likeness (QED) is 0.836. The fraction of sp³-hybridized carbons (Fsp3) is 0.412. The van der Waals surface area contributed by atoms with Crippen molar-refractivity contribution in [3.8, 4) is 11.5 Å². The van der Waals surface area contributed by atoms with E-state index in [9.17, 15) is 9.59 Å². The normalized spacial score (nSPS) is 17.3. The van der Waals surface area contributed by atoms with Crippen LogP contribution in [0.15, 0.2) is 34.7 Å². The van der Waals surface area contributed by atoms with E-state index in [1.807, 2.05) is 30.3 Å². The molecule has 7 nitrogen and oxygen atoms in total. The Labute approximate surface area is 139 Å². The third kappa shape index (κ3) is 4.18. The predicted molar refractivity (Wildman–Crippen MR) is 86.8 cm³/mol. The summed E-state index contributed by atoms with van der Waals surface area (Å²) in [6.07, 6.45) is 3.04. The monoisotopic (exact) mass is 328 g/mol. The molecule has 0 saturated carbocycles.